The molecule has 6 heteroatoms. The van der Waals surface area contributed by atoms with E-state index in [1.165, 1.54) is 94.9 Å². The van der Waals surface area contributed by atoms with Crippen molar-refractivity contribution in [1.82, 2.24) is 0 Å². The summed E-state index contributed by atoms with van der Waals surface area (Å²) in [4.78, 5) is 0. The second kappa shape index (κ2) is 14.2. The first-order valence-electron chi connectivity index (χ1n) is 11.5. The van der Waals surface area contributed by atoms with E-state index >= 15 is 0 Å². The number of aryl methyl sites for hydroxylation is 4. The zero-order chi connectivity index (χ0) is 20.8. The Balaban J connectivity index is 0.00000181. The van der Waals surface area contributed by atoms with Crippen LogP contribution in [-0.4, -0.2) is 0 Å². The molecule has 0 unspecified atom stereocenters. The van der Waals surface area contributed by atoms with Crippen LogP contribution in [0.25, 0.3) is 20.4 Å². The van der Waals surface area contributed by atoms with Crippen LogP contribution in [0.3, 0.4) is 0 Å². The molecule has 0 N–H and O–H groups in total. The molecular weight excluding hydrogens is 658 g/mol. The third kappa shape index (κ3) is 7.09. The van der Waals surface area contributed by atoms with Gasteiger partial charge in [0.2, 0.25) is 21.0 Å². The van der Waals surface area contributed by atoms with Gasteiger partial charge >= 0.3 is 0 Å². The maximum absolute atomic E-state index is 2.51. The van der Waals surface area contributed by atoms with Crippen molar-refractivity contribution in [2.75, 3.05) is 0 Å². The highest BCUT2D eigenvalue weighted by Crippen LogP contribution is 2.21. The molecule has 0 amide bonds. The van der Waals surface area contributed by atoms with Gasteiger partial charge in [-0.1, -0.05) is 72.6 Å². The molecule has 0 radical (unpaired) electrons. The second-order valence-corrected chi connectivity index (χ2v) is 10.8. The van der Waals surface area contributed by atoms with Gasteiger partial charge in [0.1, 0.15) is 22.5 Å². The van der Waals surface area contributed by atoms with Crippen LogP contribution >= 0.6 is 22.7 Å². The molecule has 0 fully saturated rings. The van der Waals surface area contributed by atoms with E-state index in [4.69, 9.17) is 0 Å². The van der Waals surface area contributed by atoms with Crippen molar-refractivity contribution in [3.05, 3.63) is 58.5 Å². The first-order valence-corrected chi connectivity index (χ1v) is 13.1. The van der Waals surface area contributed by atoms with Crippen molar-refractivity contribution < 1.29 is 57.1 Å². The predicted molar refractivity (Wildman–Crippen MR) is 130 cm³/mol. The van der Waals surface area contributed by atoms with E-state index < -0.39 is 0 Å². The monoisotopic (exact) mass is 692 g/mol. The van der Waals surface area contributed by atoms with E-state index in [1.54, 1.807) is 0 Å². The van der Waals surface area contributed by atoms with Gasteiger partial charge in [0.25, 0.3) is 0 Å². The van der Waals surface area contributed by atoms with Crippen LogP contribution in [0.1, 0.15) is 61.4 Å². The fourth-order valence-electron chi connectivity index (χ4n) is 4.46. The SMILES string of the molecule is Cc1sc2ccccc2[n+]1CCCCCCCCCC[n+]1c(C)sc2ccccc21.[I-].[I-]. The molecule has 2 aromatic carbocycles. The predicted octanol–water partition coefficient (Wildman–Crippen LogP) is 1.14. The number of hydrogen-bond donors (Lipinski definition) is 0. The molecule has 0 saturated carbocycles. The van der Waals surface area contributed by atoms with Crippen LogP contribution < -0.4 is 57.1 Å². The number of thiazole rings is 2. The molecule has 2 heterocycles. The summed E-state index contributed by atoms with van der Waals surface area (Å²) >= 11 is 3.84. The molecule has 0 atom stereocenters. The quantitative estimate of drug-likeness (QED) is 0.127. The van der Waals surface area contributed by atoms with E-state index in [2.05, 4.69) is 71.5 Å². The molecule has 2 aromatic heterocycles. The van der Waals surface area contributed by atoms with Gasteiger partial charge in [-0.3, -0.25) is 0 Å². The number of benzene rings is 2. The summed E-state index contributed by atoms with van der Waals surface area (Å²) in [6.07, 6.45) is 10.8. The standard InChI is InChI=1S/C26H34N2S2.2HI/c1-21-27(23-15-9-11-17-25(23)29-21)19-13-7-5-3-4-6-8-14-20-28-22(2)30-26-18-12-10-16-24(26)28;;/h9-12,15-18H,3-8,13-14,19-20H2,1-2H3;2*1H/q+2;;/p-2. The minimum Gasteiger partial charge on any atom is -1.00 e. The number of halogens is 2. The Morgan fingerprint density at radius 1 is 0.531 bits per heavy atom. The smallest absolute Gasteiger partial charge is 0.235 e. The molecule has 0 saturated heterocycles. The van der Waals surface area contributed by atoms with Crippen molar-refractivity contribution in [1.29, 1.82) is 0 Å². The molecular formula is C26H34I2N2S2. The van der Waals surface area contributed by atoms with Crippen LogP contribution in [0.2, 0.25) is 0 Å². The first-order chi connectivity index (χ1) is 14.7. The molecule has 4 rings (SSSR count). The maximum atomic E-state index is 2.51. The van der Waals surface area contributed by atoms with Gasteiger partial charge in [0, 0.05) is 38.8 Å². The van der Waals surface area contributed by atoms with Gasteiger partial charge in [0.15, 0.2) is 0 Å². The molecule has 0 aliphatic heterocycles. The van der Waals surface area contributed by atoms with Crippen LogP contribution in [0, 0.1) is 13.8 Å². The lowest BCUT2D eigenvalue weighted by molar-refractivity contribution is -0.673. The fraction of sp³-hybridized carbons (Fsp3) is 0.462. The molecule has 0 aliphatic carbocycles. The highest BCUT2D eigenvalue weighted by atomic mass is 127. The van der Waals surface area contributed by atoms with Crippen LogP contribution in [0.4, 0.5) is 0 Å². The summed E-state index contributed by atoms with van der Waals surface area (Å²) in [5, 5.41) is 2.87. The Kier molecular flexibility index (Phi) is 12.4. The number of aromatic nitrogens is 2. The van der Waals surface area contributed by atoms with E-state index in [-0.39, 0.29) is 48.0 Å². The summed E-state index contributed by atoms with van der Waals surface area (Å²) in [7, 11) is 0. The van der Waals surface area contributed by atoms with E-state index in [0.29, 0.717) is 0 Å². The largest absolute Gasteiger partial charge is 1.00 e. The molecule has 0 aliphatic rings. The number of rotatable bonds is 11. The van der Waals surface area contributed by atoms with Crippen molar-refractivity contribution >= 4 is 43.1 Å². The van der Waals surface area contributed by atoms with E-state index in [9.17, 15) is 0 Å². The average molecular weight is 693 g/mol. The number of para-hydroxylation sites is 2. The van der Waals surface area contributed by atoms with Crippen LogP contribution in [0.5, 0.6) is 0 Å². The van der Waals surface area contributed by atoms with Gasteiger partial charge < -0.3 is 48.0 Å². The van der Waals surface area contributed by atoms with Gasteiger partial charge in [-0.05, 0) is 25.0 Å². The van der Waals surface area contributed by atoms with E-state index in [0.717, 1.165) is 0 Å². The number of unbranched alkanes of at least 4 members (excludes halogenated alkanes) is 7. The van der Waals surface area contributed by atoms with Crippen molar-refractivity contribution in [2.45, 2.75) is 78.3 Å². The fourth-order valence-corrected chi connectivity index (χ4v) is 6.55. The third-order valence-corrected chi connectivity index (χ3v) is 8.26. The van der Waals surface area contributed by atoms with Gasteiger partial charge in [-0.25, -0.2) is 0 Å². The topological polar surface area (TPSA) is 7.76 Å². The lowest BCUT2D eigenvalue weighted by Gasteiger charge is -2.02. The number of nitrogens with zero attached hydrogens (tertiary/aromatic N) is 2. The number of fused-ring (bicyclic) bond motifs is 2. The summed E-state index contributed by atoms with van der Waals surface area (Å²) in [6, 6.07) is 17.6. The van der Waals surface area contributed by atoms with Crippen molar-refractivity contribution in [2.24, 2.45) is 0 Å². The lowest BCUT2D eigenvalue weighted by Crippen LogP contribution is -3.00. The second-order valence-electron chi connectivity index (χ2n) is 8.31. The van der Waals surface area contributed by atoms with E-state index in [1.807, 2.05) is 22.7 Å². The Bertz CT molecular complexity index is 1020. The normalized spacial score (nSPS) is 10.9. The first kappa shape index (κ1) is 27.9. The third-order valence-electron chi connectivity index (χ3n) is 6.10. The van der Waals surface area contributed by atoms with Gasteiger partial charge in [0.05, 0.1) is 0 Å². The molecule has 2 nitrogen and oxygen atoms in total. The Labute approximate surface area is 235 Å². The molecule has 0 spiro atoms. The molecule has 174 valence electrons. The summed E-state index contributed by atoms with van der Waals surface area (Å²) < 4.78 is 7.85. The summed E-state index contributed by atoms with van der Waals surface area (Å²) in [5.41, 5.74) is 2.82. The summed E-state index contributed by atoms with van der Waals surface area (Å²) in [6.45, 7) is 6.84. The van der Waals surface area contributed by atoms with Gasteiger partial charge in [-0.2, -0.15) is 9.13 Å². The molecule has 32 heavy (non-hydrogen) atoms. The van der Waals surface area contributed by atoms with Crippen LogP contribution in [-0.2, 0) is 13.1 Å². The summed E-state index contributed by atoms with van der Waals surface area (Å²) in [5.74, 6) is 0. The highest BCUT2D eigenvalue weighted by Gasteiger charge is 2.16. The highest BCUT2D eigenvalue weighted by molar-refractivity contribution is 7.18. The Hall–Kier alpha value is -0.320. The van der Waals surface area contributed by atoms with Crippen LogP contribution in [0.15, 0.2) is 48.5 Å². The maximum Gasteiger partial charge on any atom is 0.235 e. The zero-order valence-corrected chi connectivity index (χ0v) is 25.1. The zero-order valence-electron chi connectivity index (χ0n) is 19.2. The minimum atomic E-state index is 0. The van der Waals surface area contributed by atoms with Gasteiger partial charge in [-0.15, -0.1) is 0 Å². The Morgan fingerprint density at radius 3 is 1.28 bits per heavy atom. The van der Waals surface area contributed by atoms with Crippen molar-refractivity contribution in [3.63, 3.8) is 0 Å². The average Bonchev–Trinajstić information content (AvgIpc) is 3.25. The Morgan fingerprint density at radius 2 is 0.875 bits per heavy atom. The number of hydrogen-bond acceptors (Lipinski definition) is 2. The minimum absolute atomic E-state index is 0. The molecule has 4 aromatic rings. The van der Waals surface area contributed by atoms with Crippen molar-refractivity contribution in [3.8, 4) is 0 Å². The lowest BCUT2D eigenvalue weighted by atomic mass is 10.1. The molecule has 0 bridgehead atoms.